The second-order valence-electron chi connectivity index (χ2n) is 19.2. The van der Waals surface area contributed by atoms with Gasteiger partial charge in [-0.15, -0.1) is 0 Å². The van der Waals surface area contributed by atoms with Crippen LogP contribution in [0.4, 0.5) is 0 Å². The number of rotatable bonds is 52. The number of unbranched alkanes of at least 4 members (excludes halogenated alkanes) is 23. The maximum Gasteiger partial charge on any atom is 0.306 e. The van der Waals surface area contributed by atoms with Crippen LogP contribution in [0.25, 0.3) is 0 Å². The maximum absolute atomic E-state index is 12.9. The van der Waals surface area contributed by atoms with E-state index in [9.17, 15) is 14.4 Å². The summed E-state index contributed by atoms with van der Waals surface area (Å²) in [6.07, 6.45) is 79.3. The van der Waals surface area contributed by atoms with Gasteiger partial charge in [0.25, 0.3) is 0 Å². The predicted octanol–water partition coefficient (Wildman–Crippen LogP) is 19.9. The van der Waals surface area contributed by atoms with Gasteiger partial charge in [0.05, 0.1) is 0 Å². The van der Waals surface area contributed by atoms with Crippen LogP contribution in [-0.4, -0.2) is 37.2 Å². The Morgan fingerprint density at radius 2 is 0.549 bits per heavy atom. The van der Waals surface area contributed by atoms with Gasteiger partial charge in [0, 0.05) is 19.3 Å². The topological polar surface area (TPSA) is 78.9 Å². The highest BCUT2D eigenvalue weighted by Gasteiger charge is 2.19. The maximum atomic E-state index is 12.9. The first-order valence-electron chi connectivity index (χ1n) is 29.4. The minimum atomic E-state index is -0.802. The molecule has 0 spiro atoms. The highest BCUT2D eigenvalue weighted by molar-refractivity contribution is 5.71. The fourth-order valence-electron chi connectivity index (χ4n) is 7.82. The third-order valence-electron chi connectivity index (χ3n) is 12.2. The van der Waals surface area contributed by atoms with Crippen molar-refractivity contribution in [3.63, 3.8) is 0 Å². The lowest BCUT2D eigenvalue weighted by Gasteiger charge is -2.18. The van der Waals surface area contributed by atoms with Gasteiger partial charge in [0.1, 0.15) is 13.2 Å². The van der Waals surface area contributed by atoms with Gasteiger partial charge in [-0.2, -0.15) is 0 Å². The molecule has 0 heterocycles. The first kappa shape index (κ1) is 67.1. The van der Waals surface area contributed by atoms with Crippen LogP contribution < -0.4 is 0 Å². The molecular weight excluding hydrogens is 877 g/mol. The lowest BCUT2D eigenvalue weighted by atomic mass is 10.1. The quantitative estimate of drug-likeness (QED) is 0.0261. The van der Waals surface area contributed by atoms with Crippen molar-refractivity contribution in [1.29, 1.82) is 0 Å². The van der Waals surface area contributed by atoms with Crippen molar-refractivity contribution in [3.05, 3.63) is 109 Å². The van der Waals surface area contributed by atoms with E-state index in [0.717, 1.165) is 122 Å². The summed E-state index contributed by atoms with van der Waals surface area (Å²) in [5.41, 5.74) is 0. The van der Waals surface area contributed by atoms with E-state index in [1.165, 1.54) is 103 Å². The Kier molecular flexibility index (Phi) is 55.4. The molecule has 0 N–H and O–H groups in total. The number of carbonyl (C=O) groups is 3. The fraction of sp³-hybridized carbons (Fsp3) is 0.677. The second kappa shape index (κ2) is 58.6. The van der Waals surface area contributed by atoms with Gasteiger partial charge < -0.3 is 14.2 Å². The van der Waals surface area contributed by atoms with Gasteiger partial charge >= 0.3 is 17.9 Å². The van der Waals surface area contributed by atoms with Gasteiger partial charge in [-0.3, -0.25) is 14.4 Å². The standard InChI is InChI=1S/C65H108O6/c1-4-7-10-13-16-19-22-25-28-31-32-35-37-40-43-46-49-52-55-58-64(67)70-61-62(71-65(68)59-56-53-50-47-44-41-38-34-30-27-24-21-18-15-12-9-6-3)60-69-63(66)57-54-51-48-45-42-39-36-33-29-26-23-20-17-14-11-8-5-2/h7,10,16-21,25-30,32,35,40,43,62H,4-6,8-9,11-15,22-24,31,33-34,36-39,41-42,44-61H2,1-3H3/b10-7-,19-16-,20-17-,21-18-,28-25-,29-26-,30-27-,35-32-,43-40-/t62-/m1/s1. The third-order valence-corrected chi connectivity index (χ3v) is 12.2. The van der Waals surface area contributed by atoms with E-state index in [0.29, 0.717) is 19.3 Å². The number of esters is 3. The summed E-state index contributed by atoms with van der Waals surface area (Å²) in [5.74, 6) is -0.944. The molecule has 71 heavy (non-hydrogen) atoms. The van der Waals surface area contributed by atoms with Crippen LogP contribution in [0.15, 0.2) is 109 Å². The molecule has 0 saturated carbocycles. The van der Waals surface area contributed by atoms with Crippen molar-refractivity contribution in [3.8, 4) is 0 Å². The Morgan fingerprint density at radius 3 is 0.873 bits per heavy atom. The second-order valence-corrected chi connectivity index (χ2v) is 19.2. The fourth-order valence-corrected chi connectivity index (χ4v) is 7.82. The van der Waals surface area contributed by atoms with Crippen LogP contribution in [0.2, 0.25) is 0 Å². The van der Waals surface area contributed by atoms with E-state index in [-0.39, 0.29) is 31.1 Å². The lowest BCUT2D eigenvalue weighted by Crippen LogP contribution is -2.30. The van der Waals surface area contributed by atoms with Crippen molar-refractivity contribution in [2.75, 3.05) is 13.2 Å². The molecular formula is C65H108O6. The zero-order valence-corrected chi connectivity index (χ0v) is 46.2. The molecule has 0 aliphatic carbocycles. The van der Waals surface area contributed by atoms with E-state index in [1.807, 2.05) is 0 Å². The smallest absolute Gasteiger partial charge is 0.306 e. The van der Waals surface area contributed by atoms with Crippen molar-refractivity contribution >= 4 is 17.9 Å². The van der Waals surface area contributed by atoms with Crippen LogP contribution in [0.5, 0.6) is 0 Å². The van der Waals surface area contributed by atoms with Crippen molar-refractivity contribution in [2.45, 2.75) is 271 Å². The molecule has 1 atom stereocenters. The molecule has 6 nitrogen and oxygen atoms in total. The molecule has 0 saturated heterocycles. The van der Waals surface area contributed by atoms with Gasteiger partial charge in [-0.25, -0.2) is 0 Å². The Morgan fingerprint density at radius 1 is 0.296 bits per heavy atom. The number of hydrogen-bond acceptors (Lipinski definition) is 6. The molecule has 0 aliphatic heterocycles. The summed E-state index contributed by atoms with van der Waals surface area (Å²) >= 11 is 0. The summed E-state index contributed by atoms with van der Waals surface area (Å²) in [4.78, 5) is 38.2. The molecule has 0 rings (SSSR count). The Hall–Kier alpha value is -3.93. The molecule has 0 aromatic carbocycles. The van der Waals surface area contributed by atoms with E-state index < -0.39 is 6.10 Å². The first-order valence-corrected chi connectivity index (χ1v) is 29.4. The number of hydrogen-bond donors (Lipinski definition) is 0. The van der Waals surface area contributed by atoms with E-state index in [2.05, 4.69) is 130 Å². The van der Waals surface area contributed by atoms with Gasteiger partial charge in [0.2, 0.25) is 0 Å². The molecule has 404 valence electrons. The molecule has 0 fully saturated rings. The highest BCUT2D eigenvalue weighted by atomic mass is 16.6. The predicted molar refractivity (Wildman–Crippen MR) is 307 cm³/mol. The zero-order chi connectivity index (χ0) is 51.4. The third kappa shape index (κ3) is 56.9. The highest BCUT2D eigenvalue weighted by Crippen LogP contribution is 2.14. The van der Waals surface area contributed by atoms with Gasteiger partial charge in [0.15, 0.2) is 6.10 Å². The minimum absolute atomic E-state index is 0.0975. The zero-order valence-electron chi connectivity index (χ0n) is 46.2. The number of allylic oxidation sites excluding steroid dienone is 18. The molecule has 0 amide bonds. The molecule has 0 aliphatic rings. The van der Waals surface area contributed by atoms with E-state index in [1.54, 1.807) is 0 Å². The lowest BCUT2D eigenvalue weighted by molar-refractivity contribution is -0.167. The Bertz CT molecular complexity index is 1460. The Balaban J connectivity index is 4.49. The largest absolute Gasteiger partial charge is 0.462 e. The molecule has 0 unspecified atom stereocenters. The normalized spacial score (nSPS) is 12.9. The van der Waals surface area contributed by atoms with Crippen LogP contribution in [0, 0.1) is 0 Å². The summed E-state index contributed by atoms with van der Waals surface area (Å²) in [6.45, 7) is 6.44. The van der Waals surface area contributed by atoms with E-state index in [4.69, 9.17) is 14.2 Å². The van der Waals surface area contributed by atoms with Crippen molar-refractivity contribution < 1.29 is 28.6 Å². The van der Waals surface area contributed by atoms with Gasteiger partial charge in [-0.05, 0) is 128 Å². The number of carbonyl (C=O) groups excluding carboxylic acids is 3. The molecule has 0 aromatic rings. The van der Waals surface area contributed by atoms with Crippen LogP contribution in [0.3, 0.4) is 0 Å². The molecule has 6 heteroatoms. The average molecular weight is 986 g/mol. The van der Waals surface area contributed by atoms with E-state index >= 15 is 0 Å². The summed E-state index contributed by atoms with van der Waals surface area (Å²) in [5, 5.41) is 0. The van der Waals surface area contributed by atoms with Crippen LogP contribution >= 0.6 is 0 Å². The van der Waals surface area contributed by atoms with Crippen LogP contribution in [0.1, 0.15) is 265 Å². The summed E-state index contributed by atoms with van der Waals surface area (Å²) in [7, 11) is 0. The first-order chi connectivity index (χ1) is 35.0. The summed E-state index contributed by atoms with van der Waals surface area (Å²) < 4.78 is 16.9. The number of ether oxygens (including phenoxy) is 3. The molecule has 0 aromatic heterocycles. The SMILES string of the molecule is CC/C=C\C/C=C\C/C=C\C/C=C\C/C=C\CCCCCC(=O)OC[C@@H](COC(=O)CCCCCCCCC/C=C\C/C=C\CCCCC)OC(=O)CCCCCCCCC/C=C\C/C=C\CCCCC. The summed E-state index contributed by atoms with van der Waals surface area (Å²) in [6, 6.07) is 0. The Labute approximate surface area is 438 Å². The molecule has 0 bridgehead atoms. The van der Waals surface area contributed by atoms with Gasteiger partial charge in [-0.1, -0.05) is 226 Å². The average Bonchev–Trinajstić information content (AvgIpc) is 3.37. The monoisotopic (exact) mass is 985 g/mol. The minimum Gasteiger partial charge on any atom is -0.462 e. The molecule has 0 radical (unpaired) electrons. The van der Waals surface area contributed by atoms with Crippen LogP contribution in [-0.2, 0) is 28.6 Å². The van der Waals surface area contributed by atoms with Crippen molar-refractivity contribution in [2.24, 2.45) is 0 Å². The van der Waals surface area contributed by atoms with Crippen molar-refractivity contribution in [1.82, 2.24) is 0 Å².